The molecule has 2 heterocycles. The number of carbonyl (C=O) groups is 1. The Labute approximate surface area is 179 Å². The van der Waals surface area contributed by atoms with Crippen LogP contribution in [0.3, 0.4) is 0 Å². The number of benzene rings is 1. The number of ether oxygens (including phenoxy) is 1. The quantitative estimate of drug-likeness (QED) is 0.306. The number of esters is 1. The molecular formula is C22H25N5O2S. The van der Waals surface area contributed by atoms with Crippen molar-refractivity contribution in [1.82, 2.24) is 9.97 Å². The van der Waals surface area contributed by atoms with Gasteiger partial charge in [0.05, 0.1) is 11.5 Å². The highest BCUT2D eigenvalue weighted by Gasteiger charge is 2.27. The van der Waals surface area contributed by atoms with Crippen LogP contribution >= 0.6 is 11.3 Å². The van der Waals surface area contributed by atoms with Crippen molar-refractivity contribution in [1.29, 1.82) is 5.41 Å². The molecule has 2 aromatic heterocycles. The zero-order valence-corrected chi connectivity index (χ0v) is 17.9. The molecular weight excluding hydrogens is 398 g/mol. The van der Waals surface area contributed by atoms with Gasteiger partial charge in [0.15, 0.2) is 0 Å². The van der Waals surface area contributed by atoms with E-state index >= 15 is 0 Å². The van der Waals surface area contributed by atoms with Crippen molar-refractivity contribution in [2.24, 2.45) is 5.92 Å². The normalized spacial score (nSPS) is 15.8. The molecule has 1 aliphatic rings. The summed E-state index contributed by atoms with van der Waals surface area (Å²) in [7, 11) is 0. The Bertz CT molecular complexity index is 1110. The van der Waals surface area contributed by atoms with Crippen molar-refractivity contribution in [3.05, 3.63) is 40.5 Å². The van der Waals surface area contributed by atoms with Gasteiger partial charge in [-0.1, -0.05) is 0 Å². The van der Waals surface area contributed by atoms with Crippen LogP contribution in [0, 0.1) is 11.3 Å². The Hall–Kier alpha value is -3.00. The molecule has 7 nitrogen and oxygen atoms in total. The summed E-state index contributed by atoms with van der Waals surface area (Å²) in [5.41, 5.74) is 9.22. The summed E-state index contributed by atoms with van der Waals surface area (Å²) in [6.45, 7) is 3.75. The van der Waals surface area contributed by atoms with Gasteiger partial charge in [-0.3, -0.25) is 4.79 Å². The largest absolute Gasteiger partial charge is 0.463 e. The third kappa shape index (κ3) is 4.14. The molecule has 0 aliphatic heterocycles. The van der Waals surface area contributed by atoms with Crippen LogP contribution < -0.4 is 11.1 Å². The number of nitrogens with zero attached hydrogens (tertiary/aromatic N) is 2. The van der Waals surface area contributed by atoms with Gasteiger partial charge in [0.2, 0.25) is 0 Å². The first-order chi connectivity index (χ1) is 14.4. The highest BCUT2D eigenvalue weighted by Crippen LogP contribution is 2.41. The minimum atomic E-state index is -0.118. The zero-order chi connectivity index (χ0) is 21.3. The summed E-state index contributed by atoms with van der Waals surface area (Å²) in [4.78, 5) is 23.3. The van der Waals surface area contributed by atoms with Crippen LogP contribution in [0.15, 0.2) is 24.5 Å². The molecule has 1 aliphatic carbocycles. The van der Waals surface area contributed by atoms with Gasteiger partial charge >= 0.3 is 5.97 Å². The van der Waals surface area contributed by atoms with Crippen molar-refractivity contribution < 1.29 is 9.53 Å². The fourth-order valence-electron chi connectivity index (χ4n) is 3.91. The van der Waals surface area contributed by atoms with E-state index in [9.17, 15) is 4.79 Å². The Morgan fingerprint density at radius 3 is 3.03 bits per heavy atom. The van der Waals surface area contributed by atoms with Crippen LogP contribution in [0.25, 0.3) is 10.2 Å². The van der Waals surface area contributed by atoms with Gasteiger partial charge in [-0.2, -0.15) is 0 Å². The van der Waals surface area contributed by atoms with Crippen molar-refractivity contribution in [2.75, 3.05) is 11.1 Å². The Balaban J connectivity index is 1.60. The number of nitrogens with two attached hydrogens (primary N) is 1. The van der Waals surface area contributed by atoms with Crippen LogP contribution in [0.4, 0.5) is 17.2 Å². The molecule has 1 atom stereocenters. The number of nitrogens with one attached hydrogen (secondary N) is 2. The number of fused-ring (bicyclic) bond motifs is 3. The maximum Gasteiger partial charge on any atom is 0.306 e. The summed E-state index contributed by atoms with van der Waals surface area (Å²) in [5.74, 6) is 0.941. The fourth-order valence-corrected chi connectivity index (χ4v) is 5.21. The lowest BCUT2D eigenvalue weighted by atomic mass is 9.86. The second-order valence-corrected chi connectivity index (χ2v) is 8.95. The van der Waals surface area contributed by atoms with E-state index in [0.29, 0.717) is 23.6 Å². The number of hydrogen-bond acceptors (Lipinski definition) is 8. The second kappa shape index (κ2) is 8.39. The van der Waals surface area contributed by atoms with E-state index in [1.807, 2.05) is 26.0 Å². The molecule has 0 bridgehead atoms. The van der Waals surface area contributed by atoms with Gasteiger partial charge in [-0.05, 0) is 62.8 Å². The van der Waals surface area contributed by atoms with E-state index in [2.05, 4.69) is 15.3 Å². The third-order valence-electron chi connectivity index (χ3n) is 5.27. The number of carbonyl (C=O) groups excluding carboxylic acids is 1. The van der Waals surface area contributed by atoms with Gasteiger partial charge in [0.1, 0.15) is 17.0 Å². The summed E-state index contributed by atoms with van der Waals surface area (Å²) in [6.07, 6.45) is 5.89. The monoisotopic (exact) mass is 423 g/mol. The molecule has 0 spiro atoms. The minimum absolute atomic E-state index is 0.0774. The van der Waals surface area contributed by atoms with Crippen LogP contribution in [-0.2, 0) is 22.4 Å². The number of hydrogen-bond donors (Lipinski definition) is 3. The van der Waals surface area contributed by atoms with Crippen LogP contribution in [0.5, 0.6) is 0 Å². The van der Waals surface area contributed by atoms with Gasteiger partial charge in [0.25, 0.3) is 0 Å². The van der Waals surface area contributed by atoms with Gasteiger partial charge in [-0.15, -0.1) is 11.3 Å². The smallest absolute Gasteiger partial charge is 0.306 e. The molecule has 0 radical (unpaired) electrons. The average molecular weight is 424 g/mol. The molecule has 30 heavy (non-hydrogen) atoms. The molecule has 156 valence electrons. The standard InChI is InChI=1S/C22H25N5O2S/c1-12(2)29-19(28)8-13-3-5-16-18(7-13)30-22-20(16)21(25-11-26-22)27-15-4-6-17(24)14(9-15)10-23/h4,6,9-13,23H,3,5,7-8,24H2,1-2H3,(H,25,26,27). The number of rotatable bonds is 6. The van der Waals surface area contributed by atoms with Crippen molar-refractivity contribution in [3.63, 3.8) is 0 Å². The Kier molecular flexibility index (Phi) is 5.67. The fraction of sp³-hybridized carbons (Fsp3) is 0.364. The van der Waals surface area contributed by atoms with E-state index in [4.69, 9.17) is 15.9 Å². The van der Waals surface area contributed by atoms with E-state index in [1.54, 1.807) is 23.7 Å². The van der Waals surface area contributed by atoms with Crippen LogP contribution in [0.2, 0.25) is 0 Å². The molecule has 4 N–H and O–H groups in total. The lowest BCUT2D eigenvalue weighted by molar-refractivity contribution is -0.148. The third-order valence-corrected chi connectivity index (χ3v) is 6.44. The molecule has 3 aromatic rings. The molecule has 4 rings (SSSR count). The van der Waals surface area contributed by atoms with E-state index < -0.39 is 0 Å². The van der Waals surface area contributed by atoms with E-state index in [0.717, 1.165) is 41.0 Å². The lowest BCUT2D eigenvalue weighted by Crippen LogP contribution is -2.20. The number of aromatic nitrogens is 2. The van der Waals surface area contributed by atoms with Crippen LogP contribution in [0.1, 0.15) is 42.7 Å². The minimum Gasteiger partial charge on any atom is -0.463 e. The topological polar surface area (TPSA) is 114 Å². The number of anilines is 3. The summed E-state index contributed by atoms with van der Waals surface area (Å²) < 4.78 is 5.32. The molecule has 1 aromatic carbocycles. The van der Waals surface area contributed by atoms with E-state index in [-0.39, 0.29) is 12.1 Å². The summed E-state index contributed by atoms with van der Waals surface area (Å²) in [6, 6.07) is 5.50. The Morgan fingerprint density at radius 2 is 2.27 bits per heavy atom. The molecule has 0 amide bonds. The predicted octanol–water partition coefficient (Wildman–Crippen LogP) is 4.46. The first-order valence-corrected chi connectivity index (χ1v) is 10.9. The van der Waals surface area contributed by atoms with E-state index in [1.165, 1.54) is 16.7 Å². The highest BCUT2D eigenvalue weighted by molar-refractivity contribution is 7.19. The van der Waals surface area contributed by atoms with Gasteiger partial charge in [-0.25, -0.2) is 9.97 Å². The molecule has 1 unspecified atom stereocenters. The number of thiophene rings is 1. The lowest BCUT2D eigenvalue weighted by Gasteiger charge is -2.22. The maximum atomic E-state index is 12.1. The second-order valence-electron chi connectivity index (χ2n) is 7.87. The molecule has 0 saturated heterocycles. The molecule has 0 fully saturated rings. The molecule has 0 saturated carbocycles. The first-order valence-electron chi connectivity index (χ1n) is 10.1. The predicted molar refractivity (Wildman–Crippen MR) is 121 cm³/mol. The SMILES string of the molecule is CC(C)OC(=O)CC1CCc2c(sc3ncnc(Nc4ccc(N)c(C=N)c4)c23)C1. The summed E-state index contributed by atoms with van der Waals surface area (Å²) >= 11 is 1.68. The summed E-state index contributed by atoms with van der Waals surface area (Å²) in [5, 5.41) is 11.9. The number of aryl methyl sites for hydroxylation is 1. The first kappa shape index (κ1) is 20.3. The highest BCUT2D eigenvalue weighted by atomic mass is 32.1. The van der Waals surface area contributed by atoms with Gasteiger partial charge in [0, 0.05) is 34.5 Å². The maximum absolute atomic E-state index is 12.1. The van der Waals surface area contributed by atoms with Crippen molar-refractivity contribution in [3.8, 4) is 0 Å². The molecule has 8 heteroatoms. The van der Waals surface area contributed by atoms with Crippen molar-refractivity contribution >= 4 is 50.9 Å². The Morgan fingerprint density at radius 1 is 1.43 bits per heavy atom. The average Bonchev–Trinajstić information content (AvgIpc) is 3.07. The van der Waals surface area contributed by atoms with Gasteiger partial charge < -0.3 is 21.2 Å². The van der Waals surface area contributed by atoms with Crippen LogP contribution in [-0.4, -0.2) is 28.3 Å². The number of nitrogen functional groups attached to an aromatic ring is 1. The van der Waals surface area contributed by atoms with Crippen molar-refractivity contribution in [2.45, 2.75) is 45.6 Å². The zero-order valence-electron chi connectivity index (χ0n) is 17.1.